The predicted molar refractivity (Wildman–Crippen MR) is 58.1 cm³/mol. The van der Waals surface area contributed by atoms with Gasteiger partial charge in [-0.1, -0.05) is 0 Å². The van der Waals surface area contributed by atoms with Crippen molar-refractivity contribution in [2.45, 2.75) is 13.0 Å². The molecule has 5 heteroatoms. The smallest absolute Gasteiger partial charge is 0.251 e. The lowest BCUT2D eigenvalue weighted by Gasteiger charge is -2.07. The number of aliphatic hydroxyl groups excluding tert-OH is 1. The number of halogens is 2. The zero-order valence-corrected chi connectivity index (χ0v) is 9.71. The van der Waals surface area contributed by atoms with E-state index in [1.807, 2.05) is 0 Å². The van der Waals surface area contributed by atoms with Gasteiger partial charge in [0.05, 0.1) is 10.6 Å². The summed E-state index contributed by atoms with van der Waals surface area (Å²) in [6.45, 7) is 1.71. The molecule has 0 saturated carbocycles. The van der Waals surface area contributed by atoms with Crippen molar-refractivity contribution in [3.63, 3.8) is 0 Å². The first-order valence-electron chi connectivity index (χ1n) is 4.42. The lowest BCUT2D eigenvalue weighted by molar-refractivity contribution is 0.0923. The number of carbonyl (C=O) groups excluding carboxylic acids is 1. The van der Waals surface area contributed by atoms with Gasteiger partial charge in [0.25, 0.3) is 5.91 Å². The minimum atomic E-state index is -0.616. The van der Waals surface area contributed by atoms with Crippen LogP contribution in [0.25, 0.3) is 0 Å². The van der Waals surface area contributed by atoms with Crippen molar-refractivity contribution in [3.05, 3.63) is 34.1 Å². The van der Waals surface area contributed by atoms with Gasteiger partial charge < -0.3 is 10.4 Å². The summed E-state index contributed by atoms with van der Waals surface area (Å²) < 4.78 is 13.4. The highest BCUT2D eigenvalue weighted by atomic mass is 79.9. The van der Waals surface area contributed by atoms with E-state index in [1.165, 1.54) is 12.1 Å². The number of amides is 1. The Kier molecular flexibility index (Phi) is 4.23. The van der Waals surface area contributed by atoms with Gasteiger partial charge in [0, 0.05) is 12.1 Å². The zero-order valence-electron chi connectivity index (χ0n) is 8.13. The van der Waals surface area contributed by atoms with Gasteiger partial charge in [-0.25, -0.2) is 4.39 Å². The van der Waals surface area contributed by atoms with Gasteiger partial charge in [-0.2, -0.15) is 0 Å². The van der Waals surface area contributed by atoms with Crippen LogP contribution in [0.1, 0.15) is 17.3 Å². The molecule has 3 nitrogen and oxygen atoms in total. The molecule has 0 radical (unpaired) electrons. The molecule has 0 saturated heterocycles. The molecule has 0 heterocycles. The normalized spacial score (nSPS) is 12.3. The van der Waals surface area contributed by atoms with Crippen LogP contribution >= 0.6 is 15.9 Å². The predicted octanol–water partition coefficient (Wildman–Crippen LogP) is 1.70. The van der Waals surface area contributed by atoms with Crippen LogP contribution < -0.4 is 5.32 Å². The molecule has 0 fully saturated rings. The summed E-state index contributed by atoms with van der Waals surface area (Å²) in [6, 6.07) is 4.11. The minimum Gasteiger partial charge on any atom is -0.392 e. The SMILES string of the molecule is C[C@H](O)CNC(=O)c1ccc(Br)c(F)c1. The van der Waals surface area contributed by atoms with E-state index in [0.29, 0.717) is 4.47 Å². The quantitative estimate of drug-likeness (QED) is 0.882. The van der Waals surface area contributed by atoms with Crippen molar-refractivity contribution < 1.29 is 14.3 Å². The van der Waals surface area contributed by atoms with Crippen LogP contribution in [0.5, 0.6) is 0 Å². The second-order valence-corrected chi connectivity index (χ2v) is 4.04. The van der Waals surface area contributed by atoms with E-state index in [1.54, 1.807) is 6.92 Å². The third-order valence-electron chi connectivity index (χ3n) is 1.74. The third-order valence-corrected chi connectivity index (χ3v) is 2.38. The average Bonchev–Trinajstić information content (AvgIpc) is 2.18. The van der Waals surface area contributed by atoms with E-state index >= 15 is 0 Å². The van der Waals surface area contributed by atoms with Crippen molar-refractivity contribution in [1.82, 2.24) is 5.32 Å². The molecule has 2 N–H and O–H groups in total. The zero-order chi connectivity index (χ0) is 11.4. The van der Waals surface area contributed by atoms with Crippen LogP contribution in [0.3, 0.4) is 0 Å². The molecule has 1 atom stereocenters. The Hall–Kier alpha value is -0.940. The summed E-state index contributed by atoms with van der Waals surface area (Å²) in [5, 5.41) is 11.4. The summed E-state index contributed by atoms with van der Waals surface area (Å²) in [5.74, 6) is -0.887. The number of benzene rings is 1. The van der Waals surface area contributed by atoms with Gasteiger partial charge >= 0.3 is 0 Å². The maximum Gasteiger partial charge on any atom is 0.251 e. The summed E-state index contributed by atoms with van der Waals surface area (Å²) in [5.41, 5.74) is 0.233. The average molecular weight is 276 g/mol. The van der Waals surface area contributed by atoms with Gasteiger partial charge in [0.15, 0.2) is 0 Å². The third kappa shape index (κ3) is 3.60. The molecule has 0 aliphatic carbocycles. The first-order chi connectivity index (χ1) is 7.00. The standard InChI is InChI=1S/C10H11BrFNO2/c1-6(14)5-13-10(15)7-2-3-8(11)9(12)4-7/h2-4,6,14H,5H2,1H3,(H,13,15)/t6-/m0/s1. The molecule has 0 aliphatic heterocycles. The molecule has 0 unspecified atom stereocenters. The maximum atomic E-state index is 13.1. The molecule has 1 aromatic carbocycles. The molecule has 0 aliphatic rings. The Morgan fingerprint density at radius 1 is 1.67 bits per heavy atom. The summed E-state index contributed by atoms with van der Waals surface area (Å²) in [6.07, 6.45) is -0.616. The lowest BCUT2D eigenvalue weighted by atomic mass is 10.2. The number of aliphatic hydroxyl groups is 1. The van der Waals surface area contributed by atoms with E-state index < -0.39 is 17.8 Å². The number of hydrogen-bond acceptors (Lipinski definition) is 2. The van der Waals surface area contributed by atoms with Crippen LogP contribution in [0.4, 0.5) is 4.39 Å². The topological polar surface area (TPSA) is 49.3 Å². The molecule has 1 amide bonds. The van der Waals surface area contributed by atoms with Gasteiger partial charge in [-0.05, 0) is 41.1 Å². The highest BCUT2D eigenvalue weighted by Gasteiger charge is 2.08. The highest BCUT2D eigenvalue weighted by molar-refractivity contribution is 9.10. The monoisotopic (exact) mass is 275 g/mol. The largest absolute Gasteiger partial charge is 0.392 e. The van der Waals surface area contributed by atoms with Gasteiger partial charge in [0.2, 0.25) is 0 Å². The molecule has 0 bridgehead atoms. The van der Waals surface area contributed by atoms with Crippen LogP contribution in [-0.2, 0) is 0 Å². The van der Waals surface area contributed by atoms with Crippen LogP contribution in [0.15, 0.2) is 22.7 Å². The molecular formula is C10H11BrFNO2. The number of carbonyl (C=O) groups is 1. The highest BCUT2D eigenvalue weighted by Crippen LogP contribution is 2.16. The van der Waals surface area contributed by atoms with E-state index in [0.717, 1.165) is 6.07 Å². The van der Waals surface area contributed by atoms with Gasteiger partial charge in [0.1, 0.15) is 5.82 Å². The Morgan fingerprint density at radius 2 is 2.33 bits per heavy atom. The molecule has 0 spiro atoms. The molecule has 0 aromatic heterocycles. The van der Waals surface area contributed by atoms with E-state index in [9.17, 15) is 9.18 Å². The van der Waals surface area contributed by atoms with Gasteiger partial charge in [-0.15, -0.1) is 0 Å². The number of hydrogen-bond donors (Lipinski definition) is 2. The summed E-state index contributed by atoms with van der Waals surface area (Å²) in [7, 11) is 0. The molecule has 1 aromatic rings. The van der Waals surface area contributed by atoms with Crippen molar-refractivity contribution in [2.75, 3.05) is 6.54 Å². The Morgan fingerprint density at radius 3 is 2.87 bits per heavy atom. The van der Waals surface area contributed by atoms with Crippen LogP contribution in [0.2, 0.25) is 0 Å². The van der Waals surface area contributed by atoms with Crippen molar-refractivity contribution in [3.8, 4) is 0 Å². The first kappa shape index (κ1) is 12.1. The Labute approximate surface area is 95.4 Å². The van der Waals surface area contributed by atoms with E-state index in [-0.39, 0.29) is 12.1 Å². The molecule has 1 rings (SSSR count). The first-order valence-corrected chi connectivity index (χ1v) is 5.21. The Balaban J connectivity index is 2.70. The van der Waals surface area contributed by atoms with Gasteiger partial charge in [-0.3, -0.25) is 4.79 Å². The van der Waals surface area contributed by atoms with Crippen molar-refractivity contribution >= 4 is 21.8 Å². The summed E-state index contributed by atoms with van der Waals surface area (Å²) in [4.78, 5) is 11.4. The van der Waals surface area contributed by atoms with E-state index in [2.05, 4.69) is 21.2 Å². The fraction of sp³-hybridized carbons (Fsp3) is 0.300. The van der Waals surface area contributed by atoms with Crippen LogP contribution in [-0.4, -0.2) is 23.7 Å². The summed E-state index contributed by atoms with van der Waals surface area (Å²) >= 11 is 2.99. The number of nitrogens with one attached hydrogen (secondary N) is 1. The fourth-order valence-corrected chi connectivity index (χ4v) is 1.23. The molecule has 82 valence electrons. The minimum absolute atomic E-state index is 0.149. The molecular weight excluding hydrogens is 265 g/mol. The van der Waals surface area contributed by atoms with E-state index in [4.69, 9.17) is 5.11 Å². The fourth-order valence-electron chi connectivity index (χ4n) is 0.980. The van der Waals surface area contributed by atoms with Crippen molar-refractivity contribution in [2.24, 2.45) is 0 Å². The second-order valence-electron chi connectivity index (χ2n) is 3.19. The van der Waals surface area contributed by atoms with Crippen molar-refractivity contribution in [1.29, 1.82) is 0 Å². The lowest BCUT2D eigenvalue weighted by Crippen LogP contribution is -2.30. The van der Waals surface area contributed by atoms with Crippen LogP contribution in [0, 0.1) is 5.82 Å². The Bertz CT molecular complexity index is 368. The molecule has 15 heavy (non-hydrogen) atoms. The second kappa shape index (κ2) is 5.23. The maximum absolute atomic E-state index is 13.1. The number of rotatable bonds is 3.